The van der Waals surface area contributed by atoms with Gasteiger partial charge in [-0.3, -0.25) is 9.59 Å². The number of nitrogens with one attached hydrogen (secondary N) is 1. The molecule has 0 saturated heterocycles. The molecule has 2 amide bonds. The quantitative estimate of drug-likeness (QED) is 0.357. The van der Waals surface area contributed by atoms with Gasteiger partial charge in [-0.25, -0.2) is 0 Å². The van der Waals surface area contributed by atoms with Gasteiger partial charge in [0.15, 0.2) is 11.5 Å². The van der Waals surface area contributed by atoms with Gasteiger partial charge in [-0.1, -0.05) is 60.1 Å². The minimum absolute atomic E-state index is 0.0387. The summed E-state index contributed by atoms with van der Waals surface area (Å²) in [6.45, 7) is 0.469. The van der Waals surface area contributed by atoms with Crippen molar-refractivity contribution in [3.8, 4) is 11.5 Å². The van der Waals surface area contributed by atoms with Crippen molar-refractivity contribution in [2.24, 2.45) is 0 Å². The van der Waals surface area contributed by atoms with E-state index in [1.807, 2.05) is 42.5 Å². The first-order chi connectivity index (χ1) is 17.5. The topological polar surface area (TPSA) is 88.1 Å². The van der Waals surface area contributed by atoms with Crippen molar-refractivity contribution in [2.45, 2.75) is 25.4 Å². The number of ether oxygens (including phenoxy) is 2. The lowest BCUT2D eigenvalue weighted by molar-refractivity contribution is -0.141. The first-order valence-corrected chi connectivity index (χ1v) is 12.0. The predicted molar refractivity (Wildman–Crippen MR) is 139 cm³/mol. The molecule has 190 valence electrons. The smallest absolute Gasteiger partial charge is 0.247 e. The number of rotatable bonds is 12. The Morgan fingerprint density at radius 3 is 2.25 bits per heavy atom. The summed E-state index contributed by atoms with van der Waals surface area (Å²) in [6, 6.07) is 20.8. The molecule has 0 unspecified atom stereocenters. The summed E-state index contributed by atoms with van der Waals surface area (Å²) < 4.78 is 10.7. The van der Waals surface area contributed by atoms with Gasteiger partial charge in [0.2, 0.25) is 11.8 Å². The number of hydrogen-bond donors (Lipinski definition) is 2. The molecule has 3 aromatic carbocycles. The van der Waals surface area contributed by atoms with E-state index in [0.29, 0.717) is 35.1 Å². The van der Waals surface area contributed by atoms with Crippen LogP contribution in [-0.2, 0) is 22.6 Å². The van der Waals surface area contributed by atoms with Crippen molar-refractivity contribution in [1.82, 2.24) is 10.2 Å². The number of carbonyl (C=O) groups excluding carboxylic acids is 2. The van der Waals surface area contributed by atoms with Crippen LogP contribution < -0.4 is 14.8 Å². The van der Waals surface area contributed by atoms with Crippen LogP contribution >= 0.6 is 11.6 Å². The number of halogens is 1. The third-order valence-corrected chi connectivity index (χ3v) is 5.95. The zero-order chi connectivity index (χ0) is 25.9. The van der Waals surface area contributed by atoms with Gasteiger partial charge in [0.1, 0.15) is 6.04 Å². The summed E-state index contributed by atoms with van der Waals surface area (Å²) in [5.74, 6) is 0.540. The second-order valence-corrected chi connectivity index (χ2v) is 8.63. The van der Waals surface area contributed by atoms with Crippen LogP contribution in [0, 0.1) is 0 Å². The Morgan fingerprint density at radius 2 is 1.61 bits per heavy atom. The Morgan fingerprint density at radius 1 is 0.944 bits per heavy atom. The van der Waals surface area contributed by atoms with Gasteiger partial charge in [0, 0.05) is 24.7 Å². The fourth-order valence-corrected chi connectivity index (χ4v) is 4.00. The highest BCUT2D eigenvalue weighted by molar-refractivity contribution is 6.30. The standard InChI is InChI=1S/C28H31ClN2O5/c1-35-24-14-11-21(17-25(24)36-2)18-26(33)31(19-20-9-12-23(29)13-10-20)27(22-7-4-3-5-8-22)28(34)30-15-6-16-32/h3-5,7-14,17,27,32H,6,15-16,18-19H2,1-2H3,(H,30,34)/t27-/m1/s1. The number of hydrogen-bond acceptors (Lipinski definition) is 5. The van der Waals surface area contributed by atoms with E-state index in [2.05, 4.69) is 5.32 Å². The lowest BCUT2D eigenvalue weighted by atomic mass is 10.0. The maximum absolute atomic E-state index is 13.8. The molecule has 3 rings (SSSR count). The van der Waals surface area contributed by atoms with Crippen LogP contribution in [-0.4, -0.2) is 49.2 Å². The van der Waals surface area contributed by atoms with Crippen LogP contribution in [0.3, 0.4) is 0 Å². The lowest BCUT2D eigenvalue weighted by Crippen LogP contribution is -2.44. The molecule has 0 fully saturated rings. The number of carbonyl (C=O) groups is 2. The first-order valence-electron chi connectivity index (χ1n) is 11.6. The second-order valence-electron chi connectivity index (χ2n) is 8.20. The Bertz CT molecular complexity index is 1140. The van der Waals surface area contributed by atoms with Gasteiger partial charge < -0.3 is 24.8 Å². The molecule has 0 aliphatic heterocycles. The minimum Gasteiger partial charge on any atom is -0.493 e. The van der Waals surface area contributed by atoms with E-state index in [4.69, 9.17) is 26.2 Å². The third kappa shape index (κ3) is 7.23. The fourth-order valence-electron chi connectivity index (χ4n) is 3.87. The van der Waals surface area contributed by atoms with Crippen molar-refractivity contribution in [3.05, 3.63) is 94.5 Å². The van der Waals surface area contributed by atoms with Crippen LogP contribution in [0.15, 0.2) is 72.8 Å². The lowest BCUT2D eigenvalue weighted by Gasteiger charge is -2.32. The number of benzene rings is 3. The number of aliphatic hydroxyl groups excluding tert-OH is 1. The molecule has 7 nitrogen and oxygen atoms in total. The van der Waals surface area contributed by atoms with Gasteiger partial charge >= 0.3 is 0 Å². The Labute approximate surface area is 216 Å². The molecule has 0 bridgehead atoms. The van der Waals surface area contributed by atoms with E-state index in [9.17, 15) is 9.59 Å². The third-order valence-electron chi connectivity index (χ3n) is 5.70. The van der Waals surface area contributed by atoms with E-state index in [1.165, 1.54) is 0 Å². The van der Waals surface area contributed by atoms with Crippen LogP contribution in [0.25, 0.3) is 0 Å². The molecule has 0 aliphatic rings. The molecule has 0 saturated carbocycles. The van der Waals surface area contributed by atoms with Crippen molar-refractivity contribution >= 4 is 23.4 Å². The zero-order valence-corrected chi connectivity index (χ0v) is 21.2. The van der Waals surface area contributed by atoms with E-state index in [-0.39, 0.29) is 31.4 Å². The van der Waals surface area contributed by atoms with E-state index in [1.54, 1.807) is 49.5 Å². The highest BCUT2D eigenvalue weighted by atomic mass is 35.5. The van der Waals surface area contributed by atoms with Crippen molar-refractivity contribution in [1.29, 1.82) is 0 Å². The van der Waals surface area contributed by atoms with Gasteiger partial charge in [0.05, 0.1) is 20.6 Å². The average molecular weight is 511 g/mol. The van der Waals surface area contributed by atoms with Crippen molar-refractivity contribution < 1.29 is 24.2 Å². The van der Waals surface area contributed by atoms with Crippen molar-refractivity contribution in [2.75, 3.05) is 27.4 Å². The number of amides is 2. The zero-order valence-electron chi connectivity index (χ0n) is 20.4. The summed E-state index contributed by atoms with van der Waals surface area (Å²) in [5.41, 5.74) is 2.25. The first kappa shape index (κ1) is 27.0. The molecule has 0 aliphatic carbocycles. The normalized spacial score (nSPS) is 11.4. The summed E-state index contributed by atoms with van der Waals surface area (Å²) in [5, 5.41) is 12.6. The monoisotopic (exact) mass is 510 g/mol. The van der Waals surface area contributed by atoms with Crippen LogP contribution in [0.4, 0.5) is 0 Å². The maximum Gasteiger partial charge on any atom is 0.247 e. The Kier molecular flexibility index (Phi) is 10.2. The highest BCUT2D eigenvalue weighted by Gasteiger charge is 2.31. The molecule has 0 radical (unpaired) electrons. The maximum atomic E-state index is 13.8. The number of aliphatic hydroxyl groups is 1. The largest absolute Gasteiger partial charge is 0.493 e. The highest BCUT2D eigenvalue weighted by Crippen LogP contribution is 2.29. The molecule has 2 N–H and O–H groups in total. The minimum atomic E-state index is -0.867. The summed E-state index contributed by atoms with van der Waals surface area (Å²) in [4.78, 5) is 28.8. The van der Waals surface area contributed by atoms with Gasteiger partial charge in [-0.15, -0.1) is 0 Å². The van der Waals surface area contributed by atoms with E-state index < -0.39 is 6.04 Å². The predicted octanol–water partition coefficient (Wildman–Crippen LogP) is 4.17. The Balaban J connectivity index is 1.98. The SMILES string of the molecule is COc1ccc(CC(=O)N(Cc2ccc(Cl)cc2)[C@@H](C(=O)NCCCO)c2ccccc2)cc1OC. The van der Waals surface area contributed by atoms with Crippen molar-refractivity contribution in [3.63, 3.8) is 0 Å². The average Bonchev–Trinajstić information content (AvgIpc) is 2.90. The molecule has 0 spiro atoms. The van der Waals surface area contributed by atoms with E-state index in [0.717, 1.165) is 11.1 Å². The van der Waals surface area contributed by atoms with Crippen LogP contribution in [0.5, 0.6) is 11.5 Å². The number of methoxy groups -OCH3 is 2. The summed E-state index contributed by atoms with van der Waals surface area (Å²) in [6.07, 6.45) is 0.477. The summed E-state index contributed by atoms with van der Waals surface area (Å²) >= 11 is 6.06. The molecule has 0 heterocycles. The van der Waals surface area contributed by atoms with E-state index >= 15 is 0 Å². The molecule has 36 heavy (non-hydrogen) atoms. The number of nitrogens with zero attached hydrogens (tertiary/aromatic N) is 1. The van der Waals surface area contributed by atoms with Gasteiger partial charge in [0.25, 0.3) is 0 Å². The summed E-state index contributed by atoms with van der Waals surface area (Å²) in [7, 11) is 3.09. The second kappa shape index (κ2) is 13.5. The van der Waals surface area contributed by atoms with Gasteiger partial charge in [-0.05, 0) is 47.4 Å². The molecular formula is C28H31ClN2O5. The molecule has 8 heteroatoms. The Hall–Kier alpha value is -3.55. The molecular weight excluding hydrogens is 480 g/mol. The van der Waals surface area contributed by atoms with Gasteiger partial charge in [-0.2, -0.15) is 0 Å². The fraction of sp³-hybridized carbons (Fsp3) is 0.286. The molecule has 1 atom stereocenters. The molecule has 3 aromatic rings. The molecule has 0 aromatic heterocycles. The van der Waals surface area contributed by atoms with Crippen LogP contribution in [0.1, 0.15) is 29.2 Å². The van der Waals surface area contributed by atoms with Crippen LogP contribution in [0.2, 0.25) is 5.02 Å².